The molecule has 5 nitrogen and oxygen atoms in total. The highest BCUT2D eigenvalue weighted by Crippen LogP contribution is 2.30. The van der Waals surface area contributed by atoms with Gasteiger partial charge in [-0.05, 0) is 31.2 Å². The van der Waals surface area contributed by atoms with Crippen LogP contribution >= 0.6 is 0 Å². The van der Waals surface area contributed by atoms with Gasteiger partial charge in [0.2, 0.25) is 5.88 Å². The lowest BCUT2D eigenvalue weighted by Crippen LogP contribution is -2.04. The Morgan fingerprint density at radius 2 is 2.00 bits per heavy atom. The predicted molar refractivity (Wildman–Crippen MR) is 82.4 cm³/mol. The van der Waals surface area contributed by atoms with Gasteiger partial charge in [0.15, 0.2) is 0 Å². The average Bonchev–Trinajstić information content (AvgIpc) is 2.52. The van der Waals surface area contributed by atoms with E-state index in [4.69, 9.17) is 10.5 Å². The Hall–Kier alpha value is -2.69. The first kappa shape index (κ1) is 13.3. The number of hydrogen-bond acceptors (Lipinski definition) is 5. The molecular formula is C16H16N4O. The van der Waals surface area contributed by atoms with Crippen LogP contribution in [-0.4, -0.2) is 15.0 Å². The van der Waals surface area contributed by atoms with Crippen molar-refractivity contribution in [3.63, 3.8) is 0 Å². The van der Waals surface area contributed by atoms with Gasteiger partial charge in [0.05, 0.1) is 11.1 Å². The van der Waals surface area contributed by atoms with Crippen molar-refractivity contribution in [2.45, 2.75) is 20.3 Å². The summed E-state index contributed by atoms with van der Waals surface area (Å²) in [5.41, 5.74) is 7.54. The van der Waals surface area contributed by atoms with Crippen LogP contribution in [0.1, 0.15) is 18.3 Å². The van der Waals surface area contributed by atoms with Crippen LogP contribution in [0.3, 0.4) is 0 Å². The third kappa shape index (κ3) is 2.50. The fourth-order valence-electron chi connectivity index (χ4n) is 2.08. The number of anilines is 1. The van der Waals surface area contributed by atoms with E-state index in [0.717, 1.165) is 16.5 Å². The molecule has 3 aromatic rings. The molecule has 0 bridgehead atoms. The Morgan fingerprint density at radius 3 is 2.81 bits per heavy atom. The number of nitrogens with zero attached hydrogens (tertiary/aromatic N) is 3. The van der Waals surface area contributed by atoms with Crippen LogP contribution in [0.5, 0.6) is 11.6 Å². The summed E-state index contributed by atoms with van der Waals surface area (Å²) in [7, 11) is 0. The lowest BCUT2D eigenvalue weighted by molar-refractivity contribution is 0.460. The summed E-state index contributed by atoms with van der Waals surface area (Å²) in [5, 5.41) is 0.939. The third-order valence-electron chi connectivity index (χ3n) is 3.31. The molecule has 0 aliphatic carbocycles. The Balaban J connectivity index is 2.09. The van der Waals surface area contributed by atoms with Crippen molar-refractivity contribution < 1.29 is 4.74 Å². The third-order valence-corrected chi connectivity index (χ3v) is 3.31. The van der Waals surface area contributed by atoms with Crippen molar-refractivity contribution in [2.75, 3.05) is 5.73 Å². The molecule has 0 fully saturated rings. The van der Waals surface area contributed by atoms with Crippen molar-refractivity contribution in [1.29, 1.82) is 0 Å². The molecule has 0 atom stereocenters. The molecule has 5 heteroatoms. The molecule has 2 aromatic heterocycles. The second kappa shape index (κ2) is 5.36. The Labute approximate surface area is 122 Å². The number of rotatable bonds is 3. The SMILES string of the molecule is CCc1nc(N)c(C)c(Oc2cccc3ncccc23)n1. The maximum absolute atomic E-state index is 5.97. The molecule has 3 rings (SSSR count). The van der Waals surface area contributed by atoms with E-state index in [1.54, 1.807) is 6.20 Å². The molecule has 0 saturated carbocycles. The largest absolute Gasteiger partial charge is 0.438 e. The van der Waals surface area contributed by atoms with Crippen molar-refractivity contribution in [3.05, 3.63) is 47.9 Å². The zero-order valence-electron chi connectivity index (χ0n) is 12.0. The zero-order chi connectivity index (χ0) is 14.8. The van der Waals surface area contributed by atoms with E-state index in [9.17, 15) is 0 Å². The van der Waals surface area contributed by atoms with Gasteiger partial charge in [0, 0.05) is 18.0 Å². The minimum Gasteiger partial charge on any atom is -0.438 e. The van der Waals surface area contributed by atoms with Gasteiger partial charge in [-0.25, -0.2) is 4.98 Å². The van der Waals surface area contributed by atoms with Gasteiger partial charge in [0.1, 0.15) is 17.4 Å². The minimum atomic E-state index is 0.454. The number of nitrogens with two attached hydrogens (primary N) is 1. The van der Waals surface area contributed by atoms with Crippen molar-refractivity contribution in [2.24, 2.45) is 0 Å². The fraction of sp³-hybridized carbons (Fsp3) is 0.188. The van der Waals surface area contributed by atoms with Crippen LogP contribution in [0, 0.1) is 6.92 Å². The molecule has 0 saturated heterocycles. The first-order valence-electron chi connectivity index (χ1n) is 6.83. The maximum Gasteiger partial charge on any atom is 0.227 e. The maximum atomic E-state index is 5.97. The van der Waals surface area contributed by atoms with Gasteiger partial charge in [-0.3, -0.25) is 4.98 Å². The van der Waals surface area contributed by atoms with Gasteiger partial charge >= 0.3 is 0 Å². The molecule has 1 aromatic carbocycles. The minimum absolute atomic E-state index is 0.454. The molecule has 0 spiro atoms. The van der Waals surface area contributed by atoms with Gasteiger partial charge in [-0.15, -0.1) is 0 Å². The van der Waals surface area contributed by atoms with E-state index < -0.39 is 0 Å². The van der Waals surface area contributed by atoms with Gasteiger partial charge in [0.25, 0.3) is 0 Å². The Kier molecular flexibility index (Phi) is 3.39. The fourth-order valence-corrected chi connectivity index (χ4v) is 2.08. The number of nitrogen functional groups attached to an aromatic ring is 1. The summed E-state index contributed by atoms with van der Waals surface area (Å²) in [6.45, 7) is 3.84. The van der Waals surface area contributed by atoms with E-state index in [-0.39, 0.29) is 0 Å². The van der Waals surface area contributed by atoms with E-state index in [1.807, 2.05) is 44.2 Å². The monoisotopic (exact) mass is 280 g/mol. The molecule has 2 N–H and O–H groups in total. The van der Waals surface area contributed by atoms with Crippen LogP contribution in [0.25, 0.3) is 10.9 Å². The molecule has 0 aliphatic rings. The van der Waals surface area contributed by atoms with Crippen molar-refractivity contribution in [3.8, 4) is 11.6 Å². The highest BCUT2D eigenvalue weighted by Gasteiger charge is 2.11. The Morgan fingerprint density at radius 1 is 1.14 bits per heavy atom. The number of pyridine rings is 1. The molecule has 2 heterocycles. The summed E-state index contributed by atoms with van der Waals surface area (Å²) < 4.78 is 5.97. The van der Waals surface area contributed by atoms with Crippen LogP contribution in [0.4, 0.5) is 5.82 Å². The van der Waals surface area contributed by atoms with Crippen LogP contribution < -0.4 is 10.5 Å². The second-order valence-corrected chi connectivity index (χ2v) is 4.74. The van der Waals surface area contributed by atoms with E-state index in [2.05, 4.69) is 15.0 Å². The first-order valence-corrected chi connectivity index (χ1v) is 6.83. The molecule has 0 unspecified atom stereocenters. The number of hydrogen-bond donors (Lipinski definition) is 1. The Bertz CT molecular complexity index is 796. The number of ether oxygens (including phenoxy) is 1. The lowest BCUT2D eigenvalue weighted by Gasteiger charge is -2.12. The summed E-state index contributed by atoms with van der Waals surface area (Å²) in [6, 6.07) is 9.60. The molecule has 106 valence electrons. The number of benzene rings is 1. The standard InChI is InChI=1S/C16H16N4O/c1-3-14-19-15(17)10(2)16(20-14)21-13-8-4-7-12-11(13)6-5-9-18-12/h4-9H,3H2,1-2H3,(H2,17,19,20). The lowest BCUT2D eigenvalue weighted by atomic mass is 10.2. The normalized spacial score (nSPS) is 10.8. The zero-order valence-corrected chi connectivity index (χ0v) is 12.0. The molecule has 0 radical (unpaired) electrons. The molecule has 21 heavy (non-hydrogen) atoms. The van der Waals surface area contributed by atoms with Crippen LogP contribution in [0.2, 0.25) is 0 Å². The second-order valence-electron chi connectivity index (χ2n) is 4.74. The van der Waals surface area contributed by atoms with Gasteiger partial charge in [-0.2, -0.15) is 4.98 Å². The van der Waals surface area contributed by atoms with Crippen molar-refractivity contribution in [1.82, 2.24) is 15.0 Å². The number of aromatic nitrogens is 3. The van der Waals surface area contributed by atoms with Crippen LogP contribution in [0.15, 0.2) is 36.5 Å². The smallest absolute Gasteiger partial charge is 0.227 e. The van der Waals surface area contributed by atoms with E-state index in [1.165, 1.54) is 0 Å². The van der Waals surface area contributed by atoms with Gasteiger partial charge < -0.3 is 10.5 Å². The van der Waals surface area contributed by atoms with Crippen LogP contribution in [-0.2, 0) is 6.42 Å². The topological polar surface area (TPSA) is 73.9 Å². The number of aryl methyl sites for hydroxylation is 1. The summed E-state index contributed by atoms with van der Waals surface area (Å²) in [4.78, 5) is 13.0. The quantitative estimate of drug-likeness (QED) is 0.797. The summed E-state index contributed by atoms with van der Waals surface area (Å²) in [6.07, 6.45) is 2.47. The van der Waals surface area contributed by atoms with E-state index in [0.29, 0.717) is 29.7 Å². The molecular weight excluding hydrogens is 264 g/mol. The average molecular weight is 280 g/mol. The van der Waals surface area contributed by atoms with E-state index >= 15 is 0 Å². The number of fused-ring (bicyclic) bond motifs is 1. The summed E-state index contributed by atoms with van der Waals surface area (Å²) >= 11 is 0. The highest BCUT2D eigenvalue weighted by molar-refractivity contribution is 5.85. The highest BCUT2D eigenvalue weighted by atomic mass is 16.5. The summed E-state index contributed by atoms with van der Waals surface area (Å²) in [5.74, 6) is 2.33. The predicted octanol–water partition coefficient (Wildman–Crippen LogP) is 3.27. The molecule has 0 aliphatic heterocycles. The molecule has 0 amide bonds. The first-order chi connectivity index (χ1) is 10.2. The van der Waals surface area contributed by atoms with Crippen molar-refractivity contribution >= 4 is 16.7 Å². The van der Waals surface area contributed by atoms with Gasteiger partial charge in [-0.1, -0.05) is 13.0 Å².